The van der Waals surface area contributed by atoms with Crippen LogP contribution in [0.5, 0.6) is 0 Å². The van der Waals surface area contributed by atoms with Crippen molar-refractivity contribution < 1.29 is 0 Å². The molecule has 0 atom stereocenters. The topological polar surface area (TPSA) is 43.3 Å². The summed E-state index contributed by atoms with van der Waals surface area (Å²) in [5.41, 5.74) is 26.0. The van der Waals surface area contributed by atoms with E-state index >= 15 is 0 Å². The van der Waals surface area contributed by atoms with Crippen LogP contribution in [-0.2, 0) is 5.41 Å². The van der Waals surface area contributed by atoms with Gasteiger partial charge in [0.05, 0.1) is 22.4 Å². The molecule has 3 aliphatic rings. The first-order valence-electron chi connectivity index (χ1n) is 19.0. The standard InChI is InChI=1S/C52H37N3/c1-31(54-45-21-10-7-16-42(45)51(53)41-28-27-39-35-14-5-4-13-34(35)37-18-12-19-38(41)48(37)39)32-23-25-33(26-24-32)55-46-22-11-8-17-43(46)49-47(55)30-29-40-36-15-6-9-20-44(36)52(2,3)50(40)49/h4-30H,1,53H2,2-3H3/b51-42-,54-45-. The predicted molar refractivity (Wildman–Crippen MR) is 233 cm³/mol. The van der Waals surface area contributed by atoms with Crippen LogP contribution in [0.1, 0.15) is 36.1 Å². The van der Waals surface area contributed by atoms with E-state index in [1.807, 2.05) is 18.2 Å². The molecule has 0 aliphatic heterocycles. The third-order valence-electron chi connectivity index (χ3n) is 12.1. The molecule has 1 heterocycles. The van der Waals surface area contributed by atoms with E-state index in [0.717, 1.165) is 33.5 Å². The summed E-state index contributed by atoms with van der Waals surface area (Å²) in [4.78, 5) is 5.10. The molecule has 0 spiro atoms. The van der Waals surface area contributed by atoms with Gasteiger partial charge in [-0.15, -0.1) is 0 Å². The van der Waals surface area contributed by atoms with Crippen molar-refractivity contribution in [1.82, 2.24) is 4.57 Å². The van der Waals surface area contributed by atoms with E-state index in [9.17, 15) is 0 Å². The first-order valence-corrected chi connectivity index (χ1v) is 19.0. The molecule has 8 aromatic rings. The molecule has 0 unspecified atom stereocenters. The predicted octanol–water partition coefficient (Wildman–Crippen LogP) is 12.8. The van der Waals surface area contributed by atoms with E-state index in [-0.39, 0.29) is 5.41 Å². The maximum atomic E-state index is 7.09. The molecule has 0 fully saturated rings. The van der Waals surface area contributed by atoms with Gasteiger partial charge < -0.3 is 10.3 Å². The van der Waals surface area contributed by atoms with Gasteiger partial charge in [-0.3, -0.25) is 0 Å². The van der Waals surface area contributed by atoms with Gasteiger partial charge in [0.2, 0.25) is 0 Å². The molecule has 2 N–H and O–H groups in total. The summed E-state index contributed by atoms with van der Waals surface area (Å²) in [6.07, 6.45) is 8.11. The molecule has 3 heteroatoms. The Balaban J connectivity index is 0.974. The quantitative estimate of drug-likeness (QED) is 0.195. The van der Waals surface area contributed by atoms with Gasteiger partial charge in [-0.2, -0.15) is 0 Å². The van der Waals surface area contributed by atoms with Gasteiger partial charge in [0.1, 0.15) is 0 Å². The number of aromatic nitrogens is 1. The molecule has 0 saturated carbocycles. The van der Waals surface area contributed by atoms with Gasteiger partial charge in [-0.25, -0.2) is 4.99 Å². The van der Waals surface area contributed by atoms with Crippen molar-refractivity contribution in [2.24, 2.45) is 10.7 Å². The van der Waals surface area contributed by atoms with E-state index in [0.29, 0.717) is 11.4 Å². The van der Waals surface area contributed by atoms with Crippen molar-refractivity contribution in [3.05, 3.63) is 198 Å². The minimum Gasteiger partial charge on any atom is -0.398 e. The van der Waals surface area contributed by atoms with Crippen molar-refractivity contribution in [2.75, 3.05) is 0 Å². The zero-order chi connectivity index (χ0) is 37.0. The zero-order valence-electron chi connectivity index (χ0n) is 30.8. The Morgan fingerprint density at radius 1 is 0.582 bits per heavy atom. The van der Waals surface area contributed by atoms with Crippen molar-refractivity contribution in [3.8, 4) is 39.1 Å². The van der Waals surface area contributed by atoms with E-state index in [1.165, 1.54) is 71.7 Å². The fourth-order valence-electron chi connectivity index (χ4n) is 9.61. The highest BCUT2D eigenvalue weighted by Crippen LogP contribution is 2.53. The molecule has 0 bridgehead atoms. The fraction of sp³-hybridized carbons (Fsp3) is 0.0577. The second-order valence-electron chi connectivity index (χ2n) is 15.4. The molecule has 11 rings (SSSR count). The summed E-state index contributed by atoms with van der Waals surface area (Å²) in [5.74, 6) is 0. The van der Waals surface area contributed by atoms with Crippen LogP contribution in [0.4, 0.5) is 0 Å². The second-order valence-corrected chi connectivity index (χ2v) is 15.4. The van der Waals surface area contributed by atoms with E-state index in [1.54, 1.807) is 0 Å². The molecule has 7 aromatic carbocycles. The lowest BCUT2D eigenvalue weighted by Gasteiger charge is -2.22. The van der Waals surface area contributed by atoms with Crippen LogP contribution in [-0.4, -0.2) is 10.3 Å². The summed E-state index contributed by atoms with van der Waals surface area (Å²) >= 11 is 0. The van der Waals surface area contributed by atoms with Crippen LogP contribution in [0, 0.1) is 0 Å². The van der Waals surface area contributed by atoms with Gasteiger partial charge in [0, 0.05) is 38.7 Å². The first kappa shape index (κ1) is 31.5. The van der Waals surface area contributed by atoms with E-state index in [2.05, 4.69) is 171 Å². The number of hydrogen-bond acceptors (Lipinski definition) is 2. The summed E-state index contributed by atoms with van der Waals surface area (Å²) in [7, 11) is 0. The Kier molecular flexibility index (Phi) is 6.60. The molecule has 0 radical (unpaired) electrons. The molecule has 1 aromatic heterocycles. The van der Waals surface area contributed by atoms with Crippen molar-refractivity contribution in [1.29, 1.82) is 0 Å². The molecule has 3 aliphatic carbocycles. The normalized spacial score (nSPS) is 16.2. The van der Waals surface area contributed by atoms with Crippen molar-refractivity contribution >= 4 is 49.7 Å². The highest BCUT2D eigenvalue weighted by Gasteiger charge is 2.38. The summed E-state index contributed by atoms with van der Waals surface area (Å²) in [6, 6.07) is 50.4. The average Bonchev–Trinajstić information content (AvgIpc) is 3.82. The van der Waals surface area contributed by atoms with Gasteiger partial charge in [0.15, 0.2) is 0 Å². The van der Waals surface area contributed by atoms with Gasteiger partial charge in [-0.1, -0.05) is 154 Å². The fourth-order valence-corrected chi connectivity index (χ4v) is 9.61. The van der Waals surface area contributed by atoms with Gasteiger partial charge >= 0.3 is 0 Å². The highest BCUT2D eigenvalue weighted by atomic mass is 15.0. The second kappa shape index (κ2) is 11.5. The minimum absolute atomic E-state index is 0.110. The third kappa shape index (κ3) is 4.41. The van der Waals surface area contributed by atoms with Crippen molar-refractivity contribution in [2.45, 2.75) is 19.3 Å². The van der Waals surface area contributed by atoms with Crippen LogP contribution in [0.2, 0.25) is 0 Å². The number of rotatable bonds is 4. The molecule has 55 heavy (non-hydrogen) atoms. The maximum absolute atomic E-state index is 7.09. The lowest BCUT2D eigenvalue weighted by atomic mass is 9.80. The van der Waals surface area contributed by atoms with Crippen molar-refractivity contribution in [3.63, 3.8) is 0 Å². The summed E-state index contributed by atoms with van der Waals surface area (Å²) < 4.78 is 2.40. The Morgan fingerprint density at radius 3 is 2.05 bits per heavy atom. The Labute approximate surface area is 320 Å². The number of allylic oxidation sites excluding steroid dienone is 5. The van der Waals surface area contributed by atoms with Crippen LogP contribution < -0.4 is 5.73 Å². The van der Waals surface area contributed by atoms with Gasteiger partial charge in [-0.05, 0) is 91.2 Å². The number of fused-ring (bicyclic) bond motifs is 10. The smallest absolute Gasteiger partial charge is 0.0730 e. The van der Waals surface area contributed by atoms with E-state index in [4.69, 9.17) is 10.7 Å². The Bertz CT molecular complexity index is 3090. The third-order valence-corrected chi connectivity index (χ3v) is 12.1. The number of benzene rings is 7. The number of nitrogens with two attached hydrogens (primary N) is 1. The monoisotopic (exact) mass is 703 g/mol. The highest BCUT2D eigenvalue weighted by molar-refractivity contribution is 6.21. The summed E-state index contributed by atoms with van der Waals surface area (Å²) in [5, 5.41) is 5.00. The Morgan fingerprint density at radius 2 is 1.24 bits per heavy atom. The molecular weight excluding hydrogens is 667 g/mol. The molecule has 0 amide bonds. The first-order chi connectivity index (χ1) is 26.9. The van der Waals surface area contributed by atoms with E-state index < -0.39 is 0 Å². The lowest BCUT2D eigenvalue weighted by Crippen LogP contribution is -2.15. The number of nitrogens with zero attached hydrogens (tertiary/aromatic N) is 2. The molecular formula is C52H37N3. The SMILES string of the molecule is C=C(/N=C1/C=CC=C/C1=C(/N)c1ccc2c3c(cccc13)-c1ccccc1-2)c1ccc(-n2c3ccccc3c3c4c(ccc32)-c2ccccc2C4(C)C)cc1. The minimum atomic E-state index is -0.110. The molecule has 260 valence electrons. The maximum Gasteiger partial charge on any atom is 0.0730 e. The summed E-state index contributed by atoms with van der Waals surface area (Å²) in [6.45, 7) is 9.17. The van der Waals surface area contributed by atoms with Crippen LogP contribution in [0.25, 0.3) is 83.0 Å². The lowest BCUT2D eigenvalue weighted by molar-refractivity contribution is 0.666. The van der Waals surface area contributed by atoms with Crippen LogP contribution >= 0.6 is 0 Å². The van der Waals surface area contributed by atoms with Gasteiger partial charge in [0.25, 0.3) is 0 Å². The average molecular weight is 704 g/mol. The van der Waals surface area contributed by atoms with Crippen LogP contribution in [0.3, 0.4) is 0 Å². The number of para-hydroxylation sites is 1. The zero-order valence-corrected chi connectivity index (χ0v) is 30.8. The number of aliphatic imine (C=N–C) groups is 1. The van der Waals surface area contributed by atoms with Crippen LogP contribution in [0.15, 0.2) is 181 Å². The molecule has 0 saturated heterocycles. The Hall–Kier alpha value is -6.97. The largest absolute Gasteiger partial charge is 0.398 e. The molecule has 3 nitrogen and oxygen atoms in total. The number of hydrogen-bond donors (Lipinski definition) is 1.